The second-order valence-electron chi connectivity index (χ2n) is 7.87. The molecule has 0 radical (unpaired) electrons. The average molecular weight is 405 g/mol. The van der Waals surface area contributed by atoms with Gasteiger partial charge in [0.2, 0.25) is 11.8 Å². The monoisotopic (exact) mass is 404 g/mol. The molecular weight excluding hydrogens is 372 g/mol. The SMILES string of the molecule is CCCCNC(=O)CN1CCN(C(=O)C2CCCN(C(=O)c3ccco3)C2)CC1. The molecule has 2 aliphatic heterocycles. The van der Waals surface area contributed by atoms with Crippen LogP contribution in [-0.2, 0) is 9.59 Å². The van der Waals surface area contributed by atoms with Crippen LogP contribution < -0.4 is 5.32 Å². The van der Waals surface area contributed by atoms with Crippen molar-refractivity contribution in [2.24, 2.45) is 5.92 Å². The second-order valence-corrected chi connectivity index (χ2v) is 7.87. The summed E-state index contributed by atoms with van der Waals surface area (Å²) in [6.45, 7) is 6.98. The van der Waals surface area contributed by atoms with Crippen LogP contribution >= 0.6 is 0 Å². The maximum absolute atomic E-state index is 13.0. The van der Waals surface area contributed by atoms with Crippen LogP contribution in [0.25, 0.3) is 0 Å². The van der Waals surface area contributed by atoms with Gasteiger partial charge in [0, 0.05) is 45.8 Å². The summed E-state index contributed by atoms with van der Waals surface area (Å²) >= 11 is 0. The van der Waals surface area contributed by atoms with E-state index >= 15 is 0 Å². The van der Waals surface area contributed by atoms with E-state index in [2.05, 4.69) is 17.1 Å². The molecule has 1 aromatic rings. The molecule has 0 aliphatic carbocycles. The van der Waals surface area contributed by atoms with Gasteiger partial charge in [0.1, 0.15) is 0 Å². The van der Waals surface area contributed by atoms with Crippen LogP contribution in [0.1, 0.15) is 43.2 Å². The van der Waals surface area contributed by atoms with Gasteiger partial charge < -0.3 is 19.5 Å². The van der Waals surface area contributed by atoms with Crippen molar-refractivity contribution in [3.8, 4) is 0 Å². The Morgan fingerprint density at radius 1 is 1.14 bits per heavy atom. The summed E-state index contributed by atoms with van der Waals surface area (Å²) in [5, 5.41) is 2.94. The summed E-state index contributed by atoms with van der Waals surface area (Å²) in [5.74, 6) is 0.188. The maximum atomic E-state index is 13.0. The molecule has 2 aliphatic rings. The Labute approximate surface area is 172 Å². The van der Waals surface area contributed by atoms with E-state index in [1.807, 2.05) is 4.90 Å². The molecule has 0 bridgehead atoms. The van der Waals surface area contributed by atoms with Crippen molar-refractivity contribution in [2.75, 3.05) is 52.4 Å². The van der Waals surface area contributed by atoms with Crippen molar-refractivity contribution in [3.05, 3.63) is 24.2 Å². The molecule has 8 heteroatoms. The molecule has 1 N–H and O–H groups in total. The molecule has 3 heterocycles. The first-order chi connectivity index (χ1) is 14.1. The number of likely N-dealkylation sites (tertiary alicyclic amines) is 1. The molecule has 160 valence electrons. The smallest absolute Gasteiger partial charge is 0.289 e. The van der Waals surface area contributed by atoms with Gasteiger partial charge in [-0.1, -0.05) is 13.3 Å². The van der Waals surface area contributed by atoms with Crippen molar-refractivity contribution in [3.63, 3.8) is 0 Å². The lowest BCUT2D eigenvalue weighted by Crippen LogP contribution is -2.54. The zero-order valence-electron chi connectivity index (χ0n) is 17.3. The number of furan rings is 1. The summed E-state index contributed by atoms with van der Waals surface area (Å²) in [6.07, 6.45) is 5.17. The Bertz CT molecular complexity index is 683. The fourth-order valence-corrected chi connectivity index (χ4v) is 3.97. The van der Waals surface area contributed by atoms with Crippen molar-refractivity contribution in [1.29, 1.82) is 0 Å². The number of hydrogen-bond donors (Lipinski definition) is 1. The minimum Gasteiger partial charge on any atom is -0.459 e. The first-order valence-electron chi connectivity index (χ1n) is 10.7. The zero-order valence-corrected chi connectivity index (χ0v) is 17.3. The second kappa shape index (κ2) is 10.4. The summed E-state index contributed by atoms with van der Waals surface area (Å²) in [6, 6.07) is 3.36. The van der Waals surface area contributed by atoms with E-state index < -0.39 is 0 Å². The lowest BCUT2D eigenvalue weighted by atomic mass is 9.96. The van der Waals surface area contributed by atoms with Crippen LogP contribution in [0.15, 0.2) is 22.8 Å². The molecule has 0 spiro atoms. The van der Waals surface area contributed by atoms with Crippen molar-refractivity contribution in [2.45, 2.75) is 32.6 Å². The molecule has 1 aromatic heterocycles. The largest absolute Gasteiger partial charge is 0.459 e. The van der Waals surface area contributed by atoms with E-state index in [9.17, 15) is 14.4 Å². The molecule has 0 saturated carbocycles. The highest BCUT2D eigenvalue weighted by Crippen LogP contribution is 2.21. The number of rotatable bonds is 7. The van der Waals surface area contributed by atoms with E-state index in [0.29, 0.717) is 51.6 Å². The lowest BCUT2D eigenvalue weighted by molar-refractivity contribution is -0.138. The standard InChI is InChI=1S/C21H32N4O4/c1-2-3-8-22-19(26)16-23-10-12-24(13-11-23)20(27)17-6-4-9-25(15-17)21(28)18-7-5-14-29-18/h5,7,14,17H,2-4,6,8-13,15-16H2,1H3,(H,22,26). The van der Waals surface area contributed by atoms with Crippen LogP contribution in [0.2, 0.25) is 0 Å². The zero-order chi connectivity index (χ0) is 20.6. The quantitative estimate of drug-likeness (QED) is 0.690. The van der Waals surface area contributed by atoms with Crippen molar-refractivity contribution < 1.29 is 18.8 Å². The number of unbranched alkanes of at least 4 members (excludes halogenated alkanes) is 1. The Morgan fingerprint density at radius 2 is 1.93 bits per heavy atom. The van der Waals surface area contributed by atoms with Gasteiger partial charge in [-0.3, -0.25) is 19.3 Å². The third-order valence-electron chi connectivity index (χ3n) is 5.69. The van der Waals surface area contributed by atoms with Crippen LogP contribution in [-0.4, -0.2) is 84.8 Å². The number of hydrogen-bond acceptors (Lipinski definition) is 5. The number of amides is 3. The Morgan fingerprint density at radius 3 is 2.62 bits per heavy atom. The summed E-state index contributed by atoms with van der Waals surface area (Å²) in [4.78, 5) is 43.2. The predicted octanol–water partition coefficient (Wildman–Crippen LogP) is 1.19. The van der Waals surface area contributed by atoms with E-state index in [4.69, 9.17) is 4.42 Å². The van der Waals surface area contributed by atoms with E-state index in [1.54, 1.807) is 17.0 Å². The van der Waals surface area contributed by atoms with Crippen LogP contribution in [0.4, 0.5) is 0 Å². The topological polar surface area (TPSA) is 86.1 Å². The molecule has 2 saturated heterocycles. The third kappa shape index (κ3) is 5.82. The highest BCUT2D eigenvalue weighted by atomic mass is 16.3. The van der Waals surface area contributed by atoms with Crippen LogP contribution in [0.3, 0.4) is 0 Å². The Balaban J connectivity index is 1.44. The molecule has 0 aromatic carbocycles. The first-order valence-corrected chi connectivity index (χ1v) is 10.7. The number of piperazine rings is 1. The molecule has 29 heavy (non-hydrogen) atoms. The Hall–Kier alpha value is -2.35. The van der Waals surface area contributed by atoms with Gasteiger partial charge in [-0.05, 0) is 31.4 Å². The normalized spacial score (nSPS) is 20.5. The molecule has 1 unspecified atom stereocenters. The van der Waals surface area contributed by atoms with Gasteiger partial charge in [-0.25, -0.2) is 0 Å². The van der Waals surface area contributed by atoms with Crippen molar-refractivity contribution in [1.82, 2.24) is 20.0 Å². The number of nitrogens with one attached hydrogen (secondary N) is 1. The molecular formula is C21H32N4O4. The average Bonchev–Trinajstić information content (AvgIpc) is 3.28. The summed E-state index contributed by atoms with van der Waals surface area (Å²) in [5.41, 5.74) is 0. The van der Waals surface area contributed by atoms with E-state index in [1.165, 1.54) is 6.26 Å². The number of nitrogens with zero attached hydrogens (tertiary/aromatic N) is 3. The lowest BCUT2D eigenvalue weighted by Gasteiger charge is -2.38. The fourth-order valence-electron chi connectivity index (χ4n) is 3.97. The molecule has 8 nitrogen and oxygen atoms in total. The molecule has 3 rings (SSSR count). The number of piperidine rings is 1. The number of carbonyl (C=O) groups excluding carboxylic acids is 3. The molecule has 3 amide bonds. The summed E-state index contributed by atoms with van der Waals surface area (Å²) < 4.78 is 5.21. The van der Waals surface area contributed by atoms with Crippen LogP contribution in [0, 0.1) is 5.92 Å². The minimum atomic E-state index is -0.161. The first kappa shape index (κ1) is 21.4. The highest BCUT2D eigenvalue weighted by Gasteiger charge is 2.33. The minimum absolute atomic E-state index is 0.0533. The maximum Gasteiger partial charge on any atom is 0.289 e. The highest BCUT2D eigenvalue weighted by molar-refractivity contribution is 5.92. The molecule has 1 atom stereocenters. The predicted molar refractivity (Wildman–Crippen MR) is 108 cm³/mol. The van der Waals surface area contributed by atoms with Gasteiger partial charge >= 0.3 is 0 Å². The van der Waals surface area contributed by atoms with Gasteiger partial charge in [-0.15, -0.1) is 0 Å². The third-order valence-corrected chi connectivity index (χ3v) is 5.69. The fraction of sp³-hybridized carbons (Fsp3) is 0.667. The van der Waals surface area contributed by atoms with E-state index in [-0.39, 0.29) is 23.6 Å². The van der Waals surface area contributed by atoms with Gasteiger partial charge in [0.05, 0.1) is 18.7 Å². The number of carbonyl (C=O) groups is 3. The van der Waals surface area contributed by atoms with Gasteiger partial charge in [-0.2, -0.15) is 0 Å². The van der Waals surface area contributed by atoms with E-state index in [0.717, 1.165) is 32.2 Å². The van der Waals surface area contributed by atoms with Crippen LogP contribution in [0.5, 0.6) is 0 Å². The van der Waals surface area contributed by atoms with Gasteiger partial charge in [0.25, 0.3) is 5.91 Å². The molecule has 2 fully saturated rings. The van der Waals surface area contributed by atoms with Gasteiger partial charge in [0.15, 0.2) is 5.76 Å². The van der Waals surface area contributed by atoms with Crippen molar-refractivity contribution >= 4 is 17.7 Å². The Kier molecular flexibility index (Phi) is 7.69. The summed E-state index contributed by atoms with van der Waals surface area (Å²) in [7, 11) is 0.